The van der Waals surface area contributed by atoms with Crippen molar-refractivity contribution in [3.05, 3.63) is 46.2 Å². The van der Waals surface area contributed by atoms with Gasteiger partial charge in [0.2, 0.25) is 5.91 Å². The molecular weight excluding hydrogens is 356 g/mol. The Morgan fingerprint density at radius 3 is 2.84 bits per heavy atom. The van der Waals surface area contributed by atoms with E-state index in [1.807, 2.05) is 23.3 Å². The molecule has 5 nitrogen and oxygen atoms in total. The highest BCUT2D eigenvalue weighted by Gasteiger charge is 2.30. The van der Waals surface area contributed by atoms with Gasteiger partial charge in [-0.3, -0.25) is 4.79 Å². The smallest absolute Gasteiger partial charge is 0.242 e. The fourth-order valence-electron chi connectivity index (χ4n) is 3.14. The highest BCUT2D eigenvalue weighted by molar-refractivity contribution is 7.90. The zero-order valence-corrected chi connectivity index (χ0v) is 16.0. The molecule has 0 bridgehead atoms. The summed E-state index contributed by atoms with van der Waals surface area (Å²) in [6.45, 7) is 2.82. The topological polar surface area (TPSA) is 66.5 Å². The number of carbonyl (C=O) groups excluding carboxylic acids is 1. The first kappa shape index (κ1) is 17.9. The number of rotatable bonds is 5. The molecule has 0 radical (unpaired) electrons. The van der Waals surface area contributed by atoms with E-state index in [0.717, 1.165) is 24.9 Å². The number of hydrogen-bond donors (Lipinski definition) is 1. The van der Waals surface area contributed by atoms with E-state index in [0.29, 0.717) is 5.69 Å². The van der Waals surface area contributed by atoms with Crippen LogP contribution in [0.25, 0.3) is 0 Å². The van der Waals surface area contributed by atoms with Crippen molar-refractivity contribution < 1.29 is 13.2 Å². The molecule has 134 valence electrons. The van der Waals surface area contributed by atoms with Gasteiger partial charge in [0.05, 0.1) is 17.5 Å². The fraction of sp³-hybridized carbons (Fsp3) is 0.389. The van der Waals surface area contributed by atoms with Gasteiger partial charge >= 0.3 is 0 Å². The lowest BCUT2D eigenvalue weighted by Gasteiger charge is -2.24. The lowest BCUT2D eigenvalue weighted by molar-refractivity contribution is -0.130. The highest BCUT2D eigenvalue weighted by atomic mass is 32.2. The summed E-state index contributed by atoms with van der Waals surface area (Å²) in [6, 6.07) is 9.20. The van der Waals surface area contributed by atoms with Gasteiger partial charge in [-0.1, -0.05) is 12.1 Å². The Bertz CT molecular complexity index is 860. The van der Waals surface area contributed by atoms with Crippen molar-refractivity contribution in [3.8, 4) is 0 Å². The van der Waals surface area contributed by atoms with Crippen molar-refractivity contribution in [3.63, 3.8) is 0 Å². The van der Waals surface area contributed by atoms with Gasteiger partial charge in [-0.15, -0.1) is 11.3 Å². The van der Waals surface area contributed by atoms with Crippen molar-refractivity contribution in [2.24, 2.45) is 0 Å². The predicted molar refractivity (Wildman–Crippen MR) is 101 cm³/mol. The number of nitrogens with zero attached hydrogens (tertiary/aromatic N) is 1. The van der Waals surface area contributed by atoms with E-state index >= 15 is 0 Å². The minimum atomic E-state index is -3.27. The van der Waals surface area contributed by atoms with Crippen molar-refractivity contribution in [1.82, 2.24) is 4.90 Å². The molecule has 3 rings (SSSR count). The van der Waals surface area contributed by atoms with Crippen LogP contribution in [0.5, 0.6) is 0 Å². The Morgan fingerprint density at radius 1 is 1.36 bits per heavy atom. The lowest BCUT2D eigenvalue weighted by Crippen LogP contribution is -2.35. The Hall–Kier alpha value is -1.86. The summed E-state index contributed by atoms with van der Waals surface area (Å²) in [7, 11) is -3.27. The van der Waals surface area contributed by atoms with E-state index in [1.165, 1.54) is 11.1 Å². The second-order valence-corrected chi connectivity index (χ2v) is 9.36. The Balaban J connectivity index is 1.70. The van der Waals surface area contributed by atoms with Crippen molar-refractivity contribution >= 4 is 32.8 Å². The molecule has 1 aliphatic heterocycles. The Kier molecular flexibility index (Phi) is 5.15. The van der Waals surface area contributed by atoms with E-state index < -0.39 is 9.84 Å². The summed E-state index contributed by atoms with van der Waals surface area (Å²) in [5.41, 5.74) is 1.60. The van der Waals surface area contributed by atoms with Gasteiger partial charge in [0.15, 0.2) is 9.84 Å². The molecule has 1 N–H and O–H groups in total. The third-order valence-electron chi connectivity index (χ3n) is 4.51. The van der Waals surface area contributed by atoms with Crippen LogP contribution >= 0.6 is 11.3 Å². The average Bonchev–Trinajstić information content (AvgIpc) is 3.23. The first-order chi connectivity index (χ1) is 11.9. The second kappa shape index (κ2) is 7.17. The maximum absolute atomic E-state index is 12.7. The number of sulfone groups is 1. The van der Waals surface area contributed by atoms with Crippen LogP contribution in [-0.4, -0.2) is 38.6 Å². The summed E-state index contributed by atoms with van der Waals surface area (Å²) in [6.07, 6.45) is 3.19. The number of carbonyl (C=O) groups is 1. The van der Waals surface area contributed by atoms with Crippen LogP contribution in [0.2, 0.25) is 0 Å². The zero-order valence-electron chi connectivity index (χ0n) is 14.4. The molecule has 1 fully saturated rings. The van der Waals surface area contributed by atoms with E-state index in [1.54, 1.807) is 29.5 Å². The van der Waals surface area contributed by atoms with Crippen LogP contribution in [0.3, 0.4) is 0 Å². The minimum absolute atomic E-state index is 0.0417. The molecular formula is C18H22N2O3S2. The number of nitrogens with one attached hydrogen (secondary N) is 1. The Labute approximate surface area is 152 Å². The van der Waals surface area contributed by atoms with Crippen LogP contribution in [0.4, 0.5) is 5.69 Å². The maximum Gasteiger partial charge on any atom is 0.242 e. The van der Waals surface area contributed by atoms with E-state index in [4.69, 9.17) is 0 Å². The number of hydrogen-bond acceptors (Lipinski definition) is 5. The molecule has 1 amide bonds. The molecule has 1 saturated heterocycles. The molecule has 2 heterocycles. The normalized spacial score (nSPS) is 17.7. The van der Waals surface area contributed by atoms with Gasteiger partial charge in [-0.25, -0.2) is 8.42 Å². The van der Waals surface area contributed by atoms with Crippen LogP contribution in [0.15, 0.2) is 40.6 Å². The van der Waals surface area contributed by atoms with E-state index in [2.05, 4.69) is 11.4 Å². The van der Waals surface area contributed by atoms with Crippen LogP contribution < -0.4 is 5.32 Å². The molecule has 1 aliphatic rings. The first-order valence-electron chi connectivity index (χ1n) is 8.24. The molecule has 0 aliphatic carbocycles. The van der Waals surface area contributed by atoms with Gasteiger partial charge in [0.1, 0.15) is 0 Å². The fourth-order valence-corrected chi connectivity index (χ4v) is 4.66. The quantitative estimate of drug-likeness (QED) is 0.867. The SMILES string of the molecule is Cc1ccc(S(C)(=O)=O)cc1NCC(=O)N1CCCC1c1cccs1. The number of likely N-dealkylation sites (tertiary alicyclic amines) is 1. The zero-order chi connectivity index (χ0) is 18.0. The molecule has 2 aromatic rings. The van der Waals surface area contributed by atoms with Gasteiger partial charge in [0, 0.05) is 23.4 Å². The summed E-state index contributed by atoms with van der Waals surface area (Å²) < 4.78 is 23.4. The predicted octanol–water partition coefficient (Wildman–Crippen LogP) is 3.24. The van der Waals surface area contributed by atoms with Crippen LogP contribution in [-0.2, 0) is 14.6 Å². The number of aryl methyl sites for hydroxylation is 1. The van der Waals surface area contributed by atoms with Crippen LogP contribution in [0.1, 0.15) is 29.3 Å². The second-order valence-electron chi connectivity index (χ2n) is 6.36. The average molecular weight is 379 g/mol. The molecule has 1 unspecified atom stereocenters. The van der Waals surface area contributed by atoms with Gasteiger partial charge in [0.25, 0.3) is 0 Å². The summed E-state index contributed by atoms with van der Waals surface area (Å²) in [5, 5.41) is 5.15. The molecule has 1 aromatic carbocycles. The van der Waals surface area contributed by atoms with Gasteiger partial charge in [-0.2, -0.15) is 0 Å². The minimum Gasteiger partial charge on any atom is -0.376 e. The van der Waals surface area contributed by atoms with Crippen molar-refractivity contribution in [2.45, 2.75) is 30.7 Å². The number of thiophene rings is 1. The number of anilines is 1. The number of amides is 1. The summed E-state index contributed by atoms with van der Waals surface area (Å²) in [5.74, 6) is 0.0417. The largest absolute Gasteiger partial charge is 0.376 e. The molecule has 0 saturated carbocycles. The van der Waals surface area contributed by atoms with E-state index in [-0.39, 0.29) is 23.4 Å². The lowest BCUT2D eigenvalue weighted by atomic mass is 10.2. The maximum atomic E-state index is 12.7. The molecule has 7 heteroatoms. The first-order valence-corrected chi connectivity index (χ1v) is 11.0. The van der Waals surface area contributed by atoms with Gasteiger partial charge < -0.3 is 10.2 Å². The van der Waals surface area contributed by atoms with Crippen molar-refractivity contribution in [2.75, 3.05) is 24.7 Å². The summed E-state index contributed by atoms with van der Waals surface area (Å²) >= 11 is 1.68. The highest BCUT2D eigenvalue weighted by Crippen LogP contribution is 2.34. The monoisotopic (exact) mass is 378 g/mol. The van der Waals surface area contributed by atoms with Crippen molar-refractivity contribution in [1.29, 1.82) is 0 Å². The van der Waals surface area contributed by atoms with Gasteiger partial charge in [-0.05, 0) is 48.9 Å². The standard InChI is InChI=1S/C18H22N2O3S2/c1-13-7-8-14(25(2,22)23)11-15(13)19-12-18(21)20-9-3-5-16(20)17-6-4-10-24-17/h4,6-8,10-11,16,19H,3,5,9,12H2,1-2H3. The molecule has 0 spiro atoms. The molecule has 25 heavy (non-hydrogen) atoms. The molecule has 1 atom stereocenters. The Morgan fingerprint density at radius 2 is 2.16 bits per heavy atom. The summed E-state index contributed by atoms with van der Waals surface area (Å²) in [4.78, 5) is 16.1. The van der Waals surface area contributed by atoms with Crippen LogP contribution in [0, 0.1) is 6.92 Å². The third-order valence-corrected chi connectivity index (χ3v) is 6.60. The number of benzene rings is 1. The van der Waals surface area contributed by atoms with E-state index in [9.17, 15) is 13.2 Å². The third kappa shape index (κ3) is 4.04. The molecule has 1 aromatic heterocycles.